The maximum atomic E-state index is 9.86. The summed E-state index contributed by atoms with van der Waals surface area (Å²) in [6.45, 7) is 7.34. The van der Waals surface area contributed by atoms with Gasteiger partial charge < -0.3 is 20.1 Å². The first-order valence-corrected chi connectivity index (χ1v) is 9.81. The summed E-state index contributed by atoms with van der Waals surface area (Å²) in [5.74, 6) is 1.84. The van der Waals surface area contributed by atoms with Gasteiger partial charge in [0, 0.05) is 25.2 Å². The van der Waals surface area contributed by atoms with Gasteiger partial charge in [0.1, 0.15) is 5.75 Å². The monoisotopic (exact) mass is 360 g/mol. The van der Waals surface area contributed by atoms with Crippen LogP contribution in [0.4, 0.5) is 0 Å². The average molecular weight is 361 g/mol. The molecule has 3 rings (SSSR count). The Morgan fingerprint density at radius 3 is 2.73 bits per heavy atom. The van der Waals surface area contributed by atoms with Crippen molar-refractivity contribution in [2.75, 3.05) is 46.4 Å². The zero-order valence-electron chi connectivity index (χ0n) is 16.0. The summed E-state index contributed by atoms with van der Waals surface area (Å²) >= 11 is 0. The molecule has 1 aromatic rings. The second-order valence-corrected chi connectivity index (χ2v) is 7.08. The van der Waals surface area contributed by atoms with E-state index in [9.17, 15) is 5.11 Å². The molecule has 144 valence electrons. The Morgan fingerprint density at radius 2 is 2.08 bits per heavy atom. The van der Waals surface area contributed by atoms with Crippen LogP contribution in [0, 0.1) is 0 Å². The Kier molecular flexibility index (Phi) is 6.74. The molecule has 0 amide bonds. The van der Waals surface area contributed by atoms with E-state index in [0.29, 0.717) is 13.1 Å². The van der Waals surface area contributed by atoms with Crippen molar-refractivity contribution >= 4 is 5.96 Å². The van der Waals surface area contributed by atoms with Crippen molar-refractivity contribution in [2.24, 2.45) is 4.99 Å². The molecule has 0 spiro atoms. The van der Waals surface area contributed by atoms with Crippen LogP contribution >= 0.6 is 0 Å². The van der Waals surface area contributed by atoms with E-state index >= 15 is 0 Å². The van der Waals surface area contributed by atoms with Crippen LogP contribution in [-0.2, 0) is 0 Å². The molecule has 2 N–H and O–H groups in total. The van der Waals surface area contributed by atoms with Gasteiger partial charge in [-0.25, -0.2) is 0 Å². The molecule has 6 nitrogen and oxygen atoms in total. The molecule has 1 unspecified atom stereocenters. The van der Waals surface area contributed by atoms with Crippen molar-refractivity contribution in [3.05, 3.63) is 29.8 Å². The number of ether oxygens (including phenoxy) is 1. The van der Waals surface area contributed by atoms with E-state index in [0.717, 1.165) is 44.3 Å². The fraction of sp³-hybridized carbons (Fsp3) is 0.650. The third-order valence-corrected chi connectivity index (χ3v) is 5.29. The minimum absolute atomic E-state index is 0.217. The predicted molar refractivity (Wildman–Crippen MR) is 105 cm³/mol. The van der Waals surface area contributed by atoms with E-state index in [2.05, 4.69) is 34.2 Å². The SMILES string of the molecule is CCNC(=NCC(c1ccccc1OC)N1CCCC1)N1CC[C@@H](O)C1. The molecule has 2 saturated heterocycles. The number of aliphatic hydroxyl groups excluding tert-OH is 1. The lowest BCUT2D eigenvalue weighted by Gasteiger charge is -2.29. The first-order chi connectivity index (χ1) is 12.7. The number of aliphatic imine (C=N–C) groups is 1. The number of hydrogen-bond donors (Lipinski definition) is 2. The van der Waals surface area contributed by atoms with Crippen molar-refractivity contribution in [1.82, 2.24) is 15.1 Å². The minimum atomic E-state index is -0.248. The molecular formula is C20H32N4O2. The number of nitrogens with one attached hydrogen (secondary N) is 1. The Labute approximate surface area is 156 Å². The fourth-order valence-electron chi connectivity index (χ4n) is 3.94. The number of methoxy groups -OCH3 is 1. The average Bonchev–Trinajstić information content (AvgIpc) is 3.33. The summed E-state index contributed by atoms with van der Waals surface area (Å²) in [6.07, 6.45) is 3.05. The number of likely N-dealkylation sites (tertiary alicyclic amines) is 2. The maximum Gasteiger partial charge on any atom is 0.194 e. The van der Waals surface area contributed by atoms with Gasteiger partial charge in [0.15, 0.2) is 5.96 Å². The predicted octanol–water partition coefficient (Wildman–Crippen LogP) is 1.86. The fourth-order valence-corrected chi connectivity index (χ4v) is 3.94. The zero-order valence-corrected chi connectivity index (χ0v) is 16.0. The van der Waals surface area contributed by atoms with Crippen LogP contribution in [-0.4, -0.2) is 73.3 Å². The molecule has 2 fully saturated rings. The van der Waals surface area contributed by atoms with Gasteiger partial charge in [-0.2, -0.15) is 0 Å². The van der Waals surface area contributed by atoms with Crippen LogP contribution in [0.5, 0.6) is 5.75 Å². The third kappa shape index (κ3) is 4.48. The van der Waals surface area contributed by atoms with Gasteiger partial charge in [0.2, 0.25) is 0 Å². The normalized spacial score (nSPS) is 22.7. The molecule has 1 aromatic carbocycles. The lowest BCUT2D eigenvalue weighted by Crippen LogP contribution is -2.41. The van der Waals surface area contributed by atoms with E-state index in [1.54, 1.807) is 7.11 Å². The standard InChI is InChI=1S/C20H32N4O2/c1-3-21-20(24-13-10-16(25)15-24)22-14-18(23-11-6-7-12-23)17-8-4-5-9-19(17)26-2/h4-5,8-9,16,18,25H,3,6-7,10-15H2,1-2H3,(H,21,22)/t16-,18?/m1/s1. The summed E-state index contributed by atoms with van der Waals surface area (Å²) < 4.78 is 5.62. The molecule has 2 aliphatic rings. The van der Waals surface area contributed by atoms with Gasteiger partial charge >= 0.3 is 0 Å². The first-order valence-electron chi connectivity index (χ1n) is 9.81. The van der Waals surface area contributed by atoms with Crippen molar-refractivity contribution < 1.29 is 9.84 Å². The molecule has 2 heterocycles. The van der Waals surface area contributed by atoms with E-state index in [-0.39, 0.29) is 12.1 Å². The molecule has 0 aromatic heterocycles. The largest absolute Gasteiger partial charge is 0.496 e. The lowest BCUT2D eigenvalue weighted by molar-refractivity contribution is 0.187. The summed E-state index contributed by atoms with van der Waals surface area (Å²) in [7, 11) is 1.73. The Morgan fingerprint density at radius 1 is 1.31 bits per heavy atom. The summed E-state index contributed by atoms with van der Waals surface area (Å²) in [5, 5.41) is 13.2. The number of para-hydroxylation sites is 1. The molecule has 26 heavy (non-hydrogen) atoms. The van der Waals surface area contributed by atoms with Crippen LogP contribution in [0.25, 0.3) is 0 Å². The van der Waals surface area contributed by atoms with Crippen molar-refractivity contribution in [3.63, 3.8) is 0 Å². The summed E-state index contributed by atoms with van der Waals surface area (Å²) in [5.41, 5.74) is 1.21. The quantitative estimate of drug-likeness (QED) is 0.599. The van der Waals surface area contributed by atoms with Gasteiger partial charge in [-0.3, -0.25) is 9.89 Å². The van der Waals surface area contributed by atoms with Gasteiger partial charge in [0.25, 0.3) is 0 Å². The number of rotatable bonds is 6. The second-order valence-electron chi connectivity index (χ2n) is 7.08. The highest BCUT2D eigenvalue weighted by molar-refractivity contribution is 5.80. The molecule has 2 aliphatic heterocycles. The smallest absolute Gasteiger partial charge is 0.194 e. The molecule has 0 aliphatic carbocycles. The van der Waals surface area contributed by atoms with Gasteiger partial charge in [-0.05, 0) is 45.3 Å². The lowest BCUT2D eigenvalue weighted by atomic mass is 10.0. The topological polar surface area (TPSA) is 60.3 Å². The number of hydrogen-bond acceptors (Lipinski definition) is 4. The number of benzene rings is 1. The molecule has 2 atom stereocenters. The highest BCUT2D eigenvalue weighted by Gasteiger charge is 2.27. The van der Waals surface area contributed by atoms with E-state index in [4.69, 9.17) is 9.73 Å². The Hall–Kier alpha value is -1.79. The number of β-amino-alcohol motifs (C(OH)–C–C–N with tert-alkyl or cyclic N) is 1. The Balaban J connectivity index is 1.82. The highest BCUT2D eigenvalue weighted by atomic mass is 16.5. The van der Waals surface area contributed by atoms with Crippen molar-refractivity contribution in [3.8, 4) is 5.75 Å². The van der Waals surface area contributed by atoms with Gasteiger partial charge in [-0.1, -0.05) is 18.2 Å². The number of guanidine groups is 1. The second kappa shape index (κ2) is 9.24. The van der Waals surface area contributed by atoms with Crippen LogP contribution < -0.4 is 10.1 Å². The molecule has 6 heteroatoms. The first kappa shape index (κ1) is 19.0. The van der Waals surface area contributed by atoms with Gasteiger partial charge in [-0.15, -0.1) is 0 Å². The molecule has 0 saturated carbocycles. The number of nitrogens with zero attached hydrogens (tertiary/aromatic N) is 3. The summed E-state index contributed by atoms with van der Waals surface area (Å²) in [6, 6.07) is 8.50. The minimum Gasteiger partial charge on any atom is -0.496 e. The van der Waals surface area contributed by atoms with Crippen LogP contribution in [0.1, 0.15) is 37.8 Å². The van der Waals surface area contributed by atoms with Crippen molar-refractivity contribution in [2.45, 2.75) is 38.3 Å². The maximum absolute atomic E-state index is 9.86. The van der Waals surface area contributed by atoms with Crippen LogP contribution in [0.2, 0.25) is 0 Å². The highest BCUT2D eigenvalue weighted by Crippen LogP contribution is 2.32. The van der Waals surface area contributed by atoms with E-state index in [1.807, 2.05) is 12.1 Å². The molecule has 0 radical (unpaired) electrons. The number of aliphatic hydroxyl groups is 1. The van der Waals surface area contributed by atoms with E-state index < -0.39 is 0 Å². The van der Waals surface area contributed by atoms with Gasteiger partial charge in [0.05, 0.1) is 25.8 Å². The van der Waals surface area contributed by atoms with Crippen LogP contribution in [0.3, 0.4) is 0 Å². The molecular weight excluding hydrogens is 328 g/mol. The molecule has 0 bridgehead atoms. The summed E-state index contributed by atoms with van der Waals surface area (Å²) in [4.78, 5) is 9.63. The Bertz CT molecular complexity index is 601. The van der Waals surface area contributed by atoms with Crippen LogP contribution in [0.15, 0.2) is 29.3 Å². The third-order valence-electron chi connectivity index (χ3n) is 5.29. The zero-order chi connectivity index (χ0) is 18.4. The van der Waals surface area contributed by atoms with E-state index in [1.165, 1.54) is 18.4 Å². The van der Waals surface area contributed by atoms with Crippen molar-refractivity contribution in [1.29, 1.82) is 0 Å².